The van der Waals surface area contributed by atoms with Gasteiger partial charge in [0.25, 0.3) is 0 Å². The van der Waals surface area contributed by atoms with Crippen molar-refractivity contribution in [2.45, 2.75) is 24.3 Å². The SMILES string of the molecule is CC(C(=O)Nc1ccccc1-c1ccccc1)N1CCCN(S(=O)(=O)c2ccc(F)cc2)CC1. The molecule has 0 radical (unpaired) electrons. The van der Waals surface area contributed by atoms with Gasteiger partial charge in [0.15, 0.2) is 0 Å². The number of amides is 1. The number of hydrogen-bond acceptors (Lipinski definition) is 4. The van der Waals surface area contributed by atoms with Crippen LogP contribution in [-0.4, -0.2) is 55.8 Å². The number of carbonyl (C=O) groups excluding carboxylic acids is 1. The van der Waals surface area contributed by atoms with Gasteiger partial charge in [-0.05, 0) is 49.2 Å². The molecular formula is C26H28FN3O3S. The van der Waals surface area contributed by atoms with Gasteiger partial charge in [0.1, 0.15) is 5.82 Å². The molecule has 1 aliphatic heterocycles. The summed E-state index contributed by atoms with van der Waals surface area (Å²) in [6, 6.07) is 22.0. The number of nitrogens with zero attached hydrogens (tertiary/aromatic N) is 2. The molecule has 0 spiro atoms. The molecule has 8 heteroatoms. The molecule has 1 aliphatic rings. The van der Waals surface area contributed by atoms with Crippen molar-refractivity contribution in [2.75, 3.05) is 31.5 Å². The number of para-hydroxylation sites is 1. The minimum atomic E-state index is -3.72. The molecule has 1 unspecified atom stereocenters. The van der Waals surface area contributed by atoms with Crippen molar-refractivity contribution in [3.8, 4) is 11.1 Å². The Kier molecular flexibility index (Phi) is 7.41. The zero-order valence-corrected chi connectivity index (χ0v) is 19.8. The van der Waals surface area contributed by atoms with E-state index in [1.807, 2.05) is 66.4 Å². The zero-order chi connectivity index (χ0) is 24.1. The summed E-state index contributed by atoms with van der Waals surface area (Å²) < 4.78 is 40.6. The molecule has 1 saturated heterocycles. The first-order valence-corrected chi connectivity index (χ1v) is 12.8. The molecule has 6 nitrogen and oxygen atoms in total. The standard InChI is InChI=1S/C26H28FN3O3S/c1-20(26(31)28-25-11-6-5-10-24(25)21-8-3-2-4-9-21)29-16-7-17-30(19-18-29)34(32,33)23-14-12-22(27)13-15-23/h2-6,8-15,20H,7,16-19H2,1H3,(H,28,31). The van der Waals surface area contributed by atoms with Gasteiger partial charge in [-0.15, -0.1) is 0 Å². The zero-order valence-electron chi connectivity index (χ0n) is 19.0. The third-order valence-corrected chi connectivity index (χ3v) is 8.05. The van der Waals surface area contributed by atoms with Gasteiger partial charge >= 0.3 is 0 Å². The Bertz CT molecular complexity index is 1230. The van der Waals surface area contributed by atoms with Crippen molar-refractivity contribution < 1.29 is 17.6 Å². The van der Waals surface area contributed by atoms with Gasteiger partial charge in [0.2, 0.25) is 15.9 Å². The van der Waals surface area contributed by atoms with Crippen LogP contribution in [0.2, 0.25) is 0 Å². The number of rotatable bonds is 6. The lowest BCUT2D eigenvalue weighted by Crippen LogP contribution is -2.44. The van der Waals surface area contributed by atoms with Crippen molar-refractivity contribution in [3.63, 3.8) is 0 Å². The van der Waals surface area contributed by atoms with E-state index in [9.17, 15) is 17.6 Å². The molecule has 1 fully saturated rings. The summed E-state index contributed by atoms with van der Waals surface area (Å²) in [5.41, 5.74) is 2.69. The average molecular weight is 482 g/mol. The summed E-state index contributed by atoms with van der Waals surface area (Å²) in [6.07, 6.45) is 0.596. The van der Waals surface area contributed by atoms with E-state index >= 15 is 0 Å². The number of sulfonamides is 1. The molecule has 1 heterocycles. The Morgan fingerprint density at radius 3 is 2.29 bits per heavy atom. The summed E-state index contributed by atoms with van der Waals surface area (Å²) in [4.78, 5) is 15.2. The van der Waals surface area contributed by atoms with Crippen molar-refractivity contribution in [1.29, 1.82) is 0 Å². The number of benzene rings is 3. The van der Waals surface area contributed by atoms with Crippen molar-refractivity contribution in [3.05, 3.63) is 84.7 Å². The number of halogens is 1. The number of carbonyl (C=O) groups is 1. The molecule has 4 rings (SSSR count). The first kappa shape index (κ1) is 24.1. The van der Waals surface area contributed by atoms with Gasteiger partial charge in [-0.25, -0.2) is 12.8 Å². The Hall–Kier alpha value is -3.07. The van der Waals surface area contributed by atoms with Gasteiger partial charge in [-0.2, -0.15) is 4.31 Å². The van der Waals surface area contributed by atoms with Crippen LogP contribution in [-0.2, 0) is 14.8 Å². The van der Waals surface area contributed by atoms with Gasteiger partial charge in [-0.1, -0.05) is 48.5 Å². The van der Waals surface area contributed by atoms with E-state index < -0.39 is 21.9 Å². The fourth-order valence-electron chi connectivity index (χ4n) is 4.16. The molecule has 3 aromatic rings. The highest BCUT2D eigenvalue weighted by Crippen LogP contribution is 2.28. The lowest BCUT2D eigenvalue weighted by atomic mass is 10.0. The normalized spacial score (nSPS) is 16.5. The fraction of sp³-hybridized carbons (Fsp3) is 0.269. The molecule has 3 aromatic carbocycles. The van der Waals surface area contributed by atoms with Crippen LogP contribution in [0.15, 0.2) is 83.8 Å². The summed E-state index contributed by atoms with van der Waals surface area (Å²) in [7, 11) is -3.72. The molecule has 0 bridgehead atoms. The van der Waals surface area contributed by atoms with E-state index in [4.69, 9.17) is 0 Å². The van der Waals surface area contributed by atoms with Crippen LogP contribution >= 0.6 is 0 Å². The monoisotopic (exact) mass is 481 g/mol. The maximum Gasteiger partial charge on any atom is 0.243 e. The number of anilines is 1. The van der Waals surface area contributed by atoms with E-state index in [2.05, 4.69) is 5.32 Å². The maximum atomic E-state index is 13.2. The van der Waals surface area contributed by atoms with Gasteiger partial charge in [-0.3, -0.25) is 9.69 Å². The van der Waals surface area contributed by atoms with E-state index in [1.165, 1.54) is 16.4 Å². The lowest BCUT2D eigenvalue weighted by Gasteiger charge is -2.27. The summed E-state index contributed by atoms with van der Waals surface area (Å²) in [5, 5.41) is 3.05. The largest absolute Gasteiger partial charge is 0.324 e. The number of nitrogens with one attached hydrogen (secondary N) is 1. The first-order chi connectivity index (χ1) is 16.4. The minimum absolute atomic E-state index is 0.0747. The molecule has 1 N–H and O–H groups in total. The van der Waals surface area contributed by atoms with Gasteiger partial charge in [0.05, 0.1) is 10.9 Å². The second-order valence-corrected chi connectivity index (χ2v) is 10.3. The van der Waals surface area contributed by atoms with Gasteiger partial charge < -0.3 is 5.32 Å². The Balaban J connectivity index is 1.43. The topological polar surface area (TPSA) is 69.7 Å². The maximum absolute atomic E-state index is 13.2. The van der Waals surface area contributed by atoms with E-state index in [0.29, 0.717) is 26.1 Å². The Morgan fingerprint density at radius 2 is 1.56 bits per heavy atom. The molecule has 0 aliphatic carbocycles. The summed E-state index contributed by atoms with van der Waals surface area (Å²) in [6.45, 7) is 3.48. The van der Waals surface area contributed by atoms with Crippen molar-refractivity contribution in [1.82, 2.24) is 9.21 Å². The van der Waals surface area contributed by atoms with E-state index in [-0.39, 0.29) is 17.3 Å². The molecule has 1 amide bonds. The van der Waals surface area contributed by atoms with Crippen LogP contribution in [0.1, 0.15) is 13.3 Å². The molecule has 1 atom stereocenters. The predicted octanol–water partition coefficient (Wildman–Crippen LogP) is 4.22. The molecule has 0 saturated carbocycles. The fourth-order valence-corrected chi connectivity index (χ4v) is 5.63. The first-order valence-electron chi connectivity index (χ1n) is 11.3. The van der Waals surface area contributed by atoms with Crippen LogP contribution in [0.25, 0.3) is 11.1 Å². The second-order valence-electron chi connectivity index (χ2n) is 8.32. The van der Waals surface area contributed by atoms with Crippen LogP contribution < -0.4 is 5.32 Å². The molecule has 34 heavy (non-hydrogen) atoms. The third kappa shape index (κ3) is 5.35. The predicted molar refractivity (Wildman–Crippen MR) is 131 cm³/mol. The van der Waals surface area contributed by atoms with Crippen LogP contribution in [0.4, 0.5) is 10.1 Å². The summed E-state index contributed by atoms with van der Waals surface area (Å²) in [5.74, 6) is -0.618. The Labute approximate surface area is 200 Å². The second kappa shape index (κ2) is 10.5. The highest BCUT2D eigenvalue weighted by Gasteiger charge is 2.30. The Morgan fingerprint density at radius 1 is 0.882 bits per heavy atom. The van der Waals surface area contributed by atoms with E-state index in [0.717, 1.165) is 28.9 Å². The van der Waals surface area contributed by atoms with Crippen LogP contribution in [0.3, 0.4) is 0 Å². The van der Waals surface area contributed by atoms with Crippen molar-refractivity contribution in [2.24, 2.45) is 0 Å². The minimum Gasteiger partial charge on any atom is -0.324 e. The highest BCUT2D eigenvalue weighted by atomic mass is 32.2. The number of hydrogen-bond donors (Lipinski definition) is 1. The lowest BCUT2D eigenvalue weighted by molar-refractivity contribution is -0.120. The van der Waals surface area contributed by atoms with Gasteiger partial charge in [0, 0.05) is 37.4 Å². The molecular weight excluding hydrogens is 453 g/mol. The third-order valence-electron chi connectivity index (χ3n) is 6.14. The summed E-state index contributed by atoms with van der Waals surface area (Å²) >= 11 is 0. The average Bonchev–Trinajstić information content (AvgIpc) is 3.12. The van der Waals surface area contributed by atoms with Crippen molar-refractivity contribution >= 4 is 21.6 Å². The smallest absolute Gasteiger partial charge is 0.243 e. The van der Waals surface area contributed by atoms with E-state index in [1.54, 1.807) is 0 Å². The molecule has 0 aromatic heterocycles. The highest BCUT2D eigenvalue weighted by molar-refractivity contribution is 7.89. The van der Waals surface area contributed by atoms with Crippen LogP contribution in [0.5, 0.6) is 0 Å². The quantitative estimate of drug-likeness (QED) is 0.573. The molecule has 178 valence electrons. The van der Waals surface area contributed by atoms with Crippen LogP contribution in [0, 0.1) is 5.82 Å².